The van der Waals surface area contributed by atoms with Gasteiger partial charge in [0, 0.05) is 4.70 Å². The van der Waals surface area contributed by atoms with E-state index in [0.717, 1.165) is 21.2 Å². The Balaban J connectivity index is 1.67. The predicted molar refractivity (Wildman–Crippen MR) is 108 cm³/mol. The first-order valence-corrected chi connectivity index (χ1v) is 10.3. The molecular formula is C22H23FO5S. The summed E-state index contributed by atoms with van der Waals surface area (Å²) >= 11 is 1.58. The Kier molecular flexibility index (Phi) is 5.70. The normalized spacial score (nSPS) is 27.4. The second kappa shape index (κ2) is 8.10. The molecule has 1 aromatic heterocycles. The Bertz CT molecular complexity index is 1020. The number of ether oxygens (including phenoxy) is 1. The van der Waals surface area contributed by atoms with Crippen molar-refractivity contribution in [2.24, 2.45) is 0 Å². The van der Waals surface area contributed by atoms with Crippen LogP contribution in [0.1, 0.15) is 28.4 Å². The summed E-state index contributed by atoms with van der Waals surface area (Å²) in [6.07, 6.45) is -5.39. The summed E-state index contributed by atoms with van der Waals surface area (Å²) in [5.41, 5.74) is 3.14. The number of rotatable bonds is 4. The van der Waals surface area contributed by atoms with E-state index < -0.39 is 37.1 Å². The van der Waals surface area contributed by atoms with Crippen molar-refractivity contribution in [2.45, 2.75) is 43.9 Å². The smallest absolute Gasteiger partial charge is 0.126 e. The van der Waals surface area contributed by atoms with Gasteiger partial charge in [0.2, 0.25) is 0 Å². The second-order valence-electron chi connectivity index (χ2n) is 7.53. The highest BCUT2D eigenvalue weighted by atomic mass is 32.1. The summed E-state index contributed by atoms with van der Waals surface area (Å²) in [6, 6.07) is 10.8. The molecule has 29 heavy (non-hydrogen) atoms. The fourth-order valence-corrected chi connectivity index (χ4v) is 4.70. The molecule has 3 aromatic rings. The summed E-state index contributed by atoms with van der Waals surface area (Å²) in [5, 5.41) is 42.9. The van der Waals surface area contributed by atoms with Crippen LogP contribution >= 0.6 is 11.3 Å². The number of aliphatic hydroxyl groups is 4. The van der Waals surface area contributed by atoms with Gasteiger partial charge in [0.25, 0.3) is 0 Å². The molecule has 2 aromatic carbocycles. The van der Waals surface area contributed by atoms with Crippen LogP contribution in [0.25, 0.3) is 10.1 Å². The first kappa shape index (κ1) is 20.4. The summed E-state index contributed by atoms with van der Waals surface area (Å²) in [7, 11) is 0. The first-order chi connectivity index (χ1) is 13.9. The zero-order valence-electron chi connectivity index (χ0n) is 15.8. The van der Waals surface area contributed by atoms with Crippen molar-refractivity contribution in [3.8, 4) is 0 Å². The van der Waals surface area contributed by atoms with Crippen LogP contribution in [-0.4, -0.2) is 51.4 Å². The maximum atomic E-state index is 13.9. The molecule has 0 bridgehead atoms. The SMILES string of the molecule is Cc1ccc(Cc2csc3ccc([C@@H]4O[C@H](CO)[C@@H](O)[C@H](O)[C@H]4O)cc23)cc1F. The van der Waals surface area contributed by atoms with Gasteiger partial charge in [-0.05, 0) is 64.6 Å². The van der Waals surface area contributed by atoms with E-state index in [9.17, 15) is 24.8 Å². The Labute approximate surface area is 171 Å². The van der Waals surface area contributed by atoms with Gasteiger partial charge < -0.3 is 25.2 Å². The Morgan fingerprint density at radius 1 is 1.03 bits per heavy atom. The van der Waals surface area contributed by atoms with Gasteiger partial charge in [-0.2, -0.15) is 0 Å². The number of aryl methyl sites for hydroxylation is 1. The van der Waals surface area contributed by atoms with Crippen LogP contribution < -0.4 is 0 Å². The third kappa shape index (κ3) is 3.82. The van der Waals surface area contributed by atoms with Crippen LogP contribution in [0.2, 0.25) is 0 Å². The minimum atomic E-state index is -1.42. The van der Waals surface area contributed by atoms with Gasteiger partial charge in [-0.3, -0.25) is 0 Å². The summed E-state index contributed by atoms with van der Waals surface area (Å²) < 4.78 is 20.6. The molecule has 1 saturated heterocycles. The molecule has 0 unspecified atom stereocenters. The third-order valence-electron chi connectivity index (χ3n) is 5.53. The van der Waals surface area contributed by atoms with Gasteiger partial charge in [-0.15, -0.1) is 11.3 Å². The van der Waals surface area contributed by atoms with Crippen LogP contribution in [0.3, 0.4) is 0 Å². The molecule has 4 rings (SSSR count). The van der Waals surface area contributed by atoms with E-state index in [1.807, 2.05) is 23.6 Å². The Morgan fingerprint density at radius 2 is 1.83 bits per heavy atom. The molecule has 5 atom stereocenters. The average molecular weight is 418 g/mol. The highest BCUT2D eigenvalue weighted by Gasteiger charge is 2.43. The minimum Gasteiger partial charge on any atom is -0.394 e. The van der Waals surface area contributed by atoms with Crippen molar-refractivity contribution in [2.75, 3.05) is 6.61 Å². The third-order valence-corrected chi connectivity index (χ3v) is 6.54. The lowest BCUT2D eigenvalue weighted by molar-refractivity contribution is -0.231. The molecular weight excluding hydrogens is 395 g/mol. The van der Waals surface area contributed by atoms with Gasteiger partial charge in [0.05, 0.1) is 6.61 Å². The summed E-state index contributed by atoms with van der Waals surface area (Å²) in [4.78, 5) is 0. The summed E-state index contributed by atoms with van der Waals surface area (Å²) in [6.45, 7) is 1.26. The van der Waals surface area contributed by atoms with Crippen LogP contribution in [0, 0.1) is 12.7 Å². The van der Waals surface area contributed by atoms with Crippen molar-refractivity contribution < 1.29 is 29.6 Å². The molecule has 1 aliphatic heterocycles. The van der Waals surface area contributed by atoms with Gasteiger partial charge >= 0.3 is 0 Å². The van der Waals surface area contributed by atoms with Gasteiger partial charge in [-0.25, -0.2) is 4.39 Å². The summed E-state index contributed by atoms with van der Waals surface area (Å²) in [5.74, 6) is -0.232. The van der Waals surface area contributed by atoms with E-state index in [4.69, 9.17) is 4.74 Å². The second-order valence-corrected chi connectivity index (χ2v) is 8.44. The van der Waals surface area contributed by atoms with E-state index >= 15 is 0 Å². The zero-order valence-corrected chi connectivity index (χ0v) is 16.6. The maximum Gasteiger partial charge on any atom is 0.126 e. The quantitative estimate of drug-likeness (QED) is 0.523. The fourth-order valence-electron chi connectivity index (χ4n) is 3.76. The molecule has 1 aliphatic rings. The largest absolute Gasteiger partial charge is 0.394 e. The number of hydrogen-bond acceptors (Lipinski definition) is 6. The van der Waals surface area contributed by atoms with E-state index in [2.05, 4.69) is 0 Å². The van der Waals surface area contributed by atoms with Crippen LogP contribution in [0.15, 0.2) is 41.8 Å². The van der Waals surface area contributed by atoms with Gasteiger partial charge in [0.1, 0.15) is 36.3 Å². The standard InChI is InChI=1S/C22H23FO5S/c1-11-2-3-12(7-16(11)23)6-14-10-29-18-5-4-13(8-15(14)18)22-21(27)20(26)19(25)17(9-24)28-22/h2-5,7-8,10,17,19-22,24-27H,6,9H2,1H3/t17-,19-,20+,21-,22+/m1/s1. The van der Waals surface area contributed by atoms with E-state index in [1.165, 1.54) is 0 Å². The molecule has 0 spiro atoms. The fraction of sp³-hybridized carbons (Fsp3) is 0.364. The van der Waals surface area contributed by atoms with Crippen molar-refractivity contribution in [3.63, 3.8) is 0 Å². The number of thiophene rings is 1. The monoisotopic (exact) mass is 418 g/mol. The van der Waals surface area contributed by atoms with Crippen molar-refractivity contribution in [1.82, 2.24) is 0 Å². The van der Waals surface area contributed by atoms with Crippen molar-refractivity contribution >= 4 is 21.4 Å². The minimum absolute atomic E-state index is 0.232. The molecule has 5 nitrogen and oxygen atoms in total. The average Bonchev–Trinajstić information content (AvgIpc) is 3.11. The van der Waals surface area contributed by atoms with E-state index in [-0.39, 0.29) is 5.82 Å². The lowest BCUT2D eigenvalue weighted by atomic mass is 9.90. The zero-order chi connectivity index (χ0) is 20.7. The number of benzene rings is 2. The van der Waals surface area contributed by atoms with Crippen LogP contribution in [0.5, 0.6) is 0 Å². The first-order valence-electron chi connectivity index (χ1n) is 9.44. The lowest BCUT2D eigenvalue weighted by Gasteiger charge is -2.40. The molecule has 154 valence electrons. The lowest BCUT2D eigenvalue weighted by Crippen LogP contribution is -2.55. The molecule has 2 heterocycles. The van der Waals surface area contributed by atoms with E-state index in [1.54, 1.807) is 36.5 Å². The van der Waals surface area contributed by atoms with Gasteiger partial charge in [-0.1, -0.05) is 18.2 Å². The molecule has 0 amide bonds. The topological polar surface area (TPSA) is 90.2 Å². The molecule has 1 fully saturated rings. The van der Waals surface area contributed by atoms with Crippen LogP contribution in [-0.2, 0) is 11.2 Å². The highest BCUT2D eigenvalue weighted by Crippen LogP contribution is 2.36. The van der Waals surface area contributed by atoms with Crippen molar-refractivity contribution in [1.29, 1.82) is 0 Å². The molecule has 7 heteroatoms. The molecule has 0 saturated carbocycles. The Morgan fingerprint density at radius 3 is 2.55 bits per heavy atom. The van der Waals surface area contributed by atoms with Crippen LogP contribution in [0.4, 0.5) is 4.39 Å². The van der Waals surface area contributed by atoms with Crippen molar-refractivity contribution in [3.05, 3.63) is 69.8 Å². The Hall–Kier alpha value is -1.87. The molecule has 0 aliphatic carbocycles. The maximum absolute atomic E-state index is 13.9. The number of hydrogen-bond donors (Lipinski definition) is 4. The van der Waals surface area contributed by atoms with Gasteiger partial charge in [0.15, 0.2) is 0 Å². The van der Waals surface area contributed by atoms with E-state index in [0.29, 0.717) is 17.5 Å². The molecule has 4 N–H and O–H groups in total. The number of fused-ring (bicyclic) bond motifs is 1. The number of halogens is 1. The molecule has 0 radical (unpaired) electrons. The highest BCUT2D eigenvalue weighted by molar-refractivity contribution is 7.17. The predicted octanol–water partition coefficient (Wildman–Crippen LogP) is 2.45. The number of aliphatic hydroxyl groups excluding tert-OH is 4.